The highest BCUT2D eigenvalue weighted by atomic mass is 35.5. The molecule has 2 aromatic rings. The van der Waals surface area contributed by atoms with E-state index in [1.165, 1.54) is 24.3 Å². The first kappa shape index (κ1) is 23.9. The molecule has 0 radical (unpaired) electrons. The van der Waals surface area contributed by atoms with E-state index in [9.17, 15) is 24.5 Å². The summed E-state index contributed by atoms with van der Waals surface area (Å²) in [7, 11) is 0. The lowest BCUT2D eigenvalue weighted by atomic mass is 9.95. The molecule has 0 aliphatic carbocycles. The van der Waals surface area contributed by atoms with Crippen LogP contribution in [0.15, 0.2) is 54.6 Å². The highest BCUT2D eigenvalue weighted by Crippen LogP contribution is 2.25. The molecule has 1 fully saturated rings. The van der Waals surface area contributed by atoms with Crippen molar-refractivity contribution in [3.05, 3.63) is 75.3 Å². The van der Waals surface area contributed by atoms with Gasteiger partial charge < -0.3 is 15.0 Å². The molecular weight excluding hydrogens is 450 g/mol. The Balaban J connectivity index is 1.42. The first-order valence-electron chi connectivity index (χ1n) is 10.3. The first-order chi connectivity index (χ1) is 15.8. The highest BCUT2D eigenvalue weighted by molar-refractivity contribution is 6.32. The van der Waals surface area contributed by atoms with E-state index in [2.05, 4.69) is 5.32 Å². The van der Waals surface area contributed by atoms with Crippen LogP contribution in [0.3, 0.4) is 0 Å². The van der Waals surface area contributed by atoms with E-state index in [0.29, 0.717) is 31.5 Å². The van der Waals surface area contributed by atoms with Crippen molar-refractivity contribution in [3.63, 3.8) is 0 Å². The van der Waals surface area contributed by atoms with Gasteiger partial charge in [0.15, 0.2) is 6.61 Å². The van der Waals surface area contributed by atoms with Crippen molar-refractivity contribution in [1.29, 1.82) is 0 Å². The van der Waals surface area contributed by atoms with Crippen LogP contribution in [0.25, 0.3) is 6.08 Å². The number of likely N-dealkylation sites (tertiary alicyclic amines) is 1. The van der Waals surface area contributed by atoms with Gasteiger partial charge in [0.2, 0.25) is 5.91 Å². The minimum Gasteiger partial charge on any atom is -0.452 e. The molecular formula is C23H22ClN3O6. The van der Waals surface area contributed by atoms with Gasteiger partial charge in [0.05, 0.1) is 4.92 Å². The van der Waals surface area contributed by atoms with Gasteiger partial charge in [0, 0.05) is 36.8 Å². The number of nitrogens with one attached hydrogen (secondary N) is 1. The molecule has 10 heteroatoms. The van der Waals surface area contributed by atoms with Crippen LogP contribution in [0.4, 0.5) is 11.4 Å². The number of carbonyl (C=O) groups excluding carboxylic acids is 3. The number of anilines is 1. The fourth-order valence-corrected chi connectivity index (χ4v) is 3.55. The van der Waals surface area contributed by atoms with Gasteiger partial charge in [-0.3, -0.25) is 19.7 Å². The Bertz CT molecular complexity index is 1070. The summed E-state index contributed by atoms with van der Waals surface area (Å²) in [6, 6.07) is 13.3. The Hall–Kier alpha value is -3.72. The number of carbonyl (C=O) groups is 3. The van der Waals surface area contributed by atoms with Gasteiger partial charge in [0.25, 0.3) is 11.6 Å². The number of hydrogen-bond acceptors (Lipinski definition) is 6. The zero-order valence-corrected chi connectivity index (χ0v) is 18.4. The standard InChI is InChI=1S/C23H22ClN3O6/c24-19-8-6-16(14-20(19)27(31)32)7-9-22(29)33-15-21(28)26-12-10-17(11-13-26)23(30)25-18-4-2-1-3-5-18/h1-9,14,17H,10-13,15H2,(H,25,30)/b9-7+. The Kier molecular flexibility index (Phi) is 8.15. The second kappa shape index (κ2) is 11.2. The van der Waals surface area contributed by atoms with E-state index in [0.717, 1.165) is 11.8 Å². The largest absolute Gasteiger partial charge is 0.452 e. The van der Waals surface area contributed by atoms with Crippen molar-refractivity contribution < 1.29 is 24.0 Å². The maximum absolute atomic E-state index is 12.4. The predicted molar refractivity (Wildman–Crippen MR) is 122 cm³/mol. The maximum Gasteiger partial charge on any atom is 0.331 e. The summed E-state index contributed by atoms with van der Waals surface area (Å²) >= 11 is 5.75. The van der Waals surface area contributed by atoms with Gasteiger partial charge in [-0.1, -0.05) is 35.9 Å². The summed E-state index contributed by atoms with van der Waals surface area (Å²) in [6.45, 7) is 0.367. The number of hydrogen-bond donors (Lipinski definition) is 1. The molecule has 1 aliphatic rings. The Morgan fingerprint density at radius 3 is 2.52 bits per heavy atom. The van der Waals surface area contributed by atoms with E-state index < -0.39 is 17.5 Å². The number of nitro benzene ring substituents is 1. The predicted octanol–water partition coefficient (Wildman–Crippen LogP) is 3.68. The summed E-state index contributed by atoms with van der Waals surface area (Å²) in [4.78, 5) is 48.5. The summed E-state index contributed by atoms with van der Waals surface area (Å²) in [5.74, 6) is -1.37. The summed E-state index contributed by atoms with van der Waals surface area (Å²) in [5, 5.41) is 13.8. The molecule has 1 saturated heterocycles. The fourth-order valence-electron chi connectivity index (χ4n) is 3.37. The molecule has 0 aromatic heterocycles. The molecule has 1 heterocycles. The Labute approximate surface area is 195 Å². The van der Waals surface area contributed by atoms with Gasteiger partial charge in [-0.25, -0.2) is 4.79 Å². The quantitative estimate of drug-likeness (QED) is 0.285. The van der Waals surface area contributed by atoms with Gasteiger partial charge in [-0.05, 0) is 42.7 Å². The number of benzene rings is 2. The van der Waals surface area contributed by atoms with Crippen LogP contribution in [0.5, 0.6) is 0 Å². The molecule has 172 valence electrons. The number of nitrogens with zero attached hydrogens (tertiary/aromatic N) is 2. The lowest BCUT2D eigenvalue weighted by molar-refractivity contribution is -0.384. The number of nitro groups is 1. The normalized spacial score (nSPS) is 14.2. The molecule has 0 atom stereocenters. The zero-order chi connectivity index (χ0) is 23.8. The van der Waals surface area contributed by atoms with Crippen molar-refractivity contribution in [2.24, 2.45) is 5.92 Å². The molecule has 33 heavy (non-hydrogen) atoms. The molecule has 1 N–H and O–H groups in total. The van der Waals surface area contributed by atoms with E-state index in [4.69, 9.17) is 16.3 Å². The smallest absolute Gasteiger partial charge is 0.331 e. The molecule has 0 unspecified atom stereocenters. The molecule has 0 saturated carbocycles. The van der Waals surface area contributed by atoms with Crippen LogP contribution in [0.1, 0.15) is 18.4 Å². The van der Waals surface area contributed by atoms with Crippen molar-refractivity contribution in [2.45, 2.75) is 12.8 Å². The van der Waals surface area contributed by atoms with Gasteiger partial charge in [0.1, 0.15) is 5.02 Å². The third kappa shape index (κ3) is 6.88. The second-order valence-electron chi connectivity index (χ2n) is 7.42. The molecule has 2 aromatic carbocycles. The minimum absolute atomic E-state index is 0.00774. The Morgan fingerprint density at radius 1 is 1.15 bits per heavy atom. The lowest BCUT2D eigenvalue weighted by Gasteiger charge is -2.31. The SMILES string of the molecule is O=C(/C=C/c1ccc(Cl)c([N+](=O)[O-])c1)OCC(=O)N1CCC(C(=O)Nc2ccccc2)CC1. The lowest BCUT2D eigenvalue weighted by Crippen LogP contribution is -2.43. The third-order valence-electron chi connectivity index (χ3n) is 5.18. The maximum atomic E-state index is 12.4. The van der Waals surface area contributed by atoms with E-state index in [1.807, 2.05) is 30.3 Å². The molecule has 0 bridgehead atoms. The average molecular weight is 472 g/mol. The van der Waals surface area contributed by atoms with Crippen molar-refractivity contribution in [3.8, 4) is 0 Å². The van der Waals surface area contributed by atoms with Crippen LogP contribution >= 0.6 is 11.6 Å². The molecule has 9 nitrogen and oxygen atoms in total. The average Bonchev–Trinajstić information content (AvgIpc) is 2.82. The summed E-state index contributed by atoms with van der Waals surface area (Å²) in [6.07, 6.45) is 3.47. The highest BCUT2D eigenvalue weighted by Gasteiger charge is 2.27. The summed E-state index contributed by atoms with van der Waals surface area (Å²) < 4.78 is 4.98. The topological polar surface area (TPSA) is 119 Å². The van der Waals surface area contributed by atoms with Crippen LogP contribution in [0, 0.1) is 16.0 Å². The van der Waals surface area contributed by atoms with Crippen molar-refractivity contribution >= 4 is 46.8 Å². The van der Waals surface area contributed by atoms with E-state index in [1.54, 1.807) is 4.90 Å². The van der Waals surface area contributed by atoms with Crippen molar-refractivity contribution in [2.75, 3.05) is 25.0 Å². The second-order valence-corrected chi connectivity index (χ2v) is 7.83. The monoisotopic (exact) mass is 471 g/mol. The van der Waals surface area contributed by atoms with E-state index >= 15 is 0 Å². The zero-order valence-electron chi connectivity index (χ0n) is 17.6. The minimum atomic E-state index is -0.752. The number of rotatable bonds is 7. The number of ether oxygens (including phenoxy) is 1. The number of amides is 2. The molecule has 2 amide bonds. The van der Waals surface area contributed by atoms with Crippen LogP contribution < -0.4 is 5.32 Å². The van der Waals surface area contributed by atoms with Crippen LogP contribution in [0.2, 0.25) is 5.02 Å². The molecule has 3 rings (SSSR count). The van der Waals surface area contributed by atoms with Gasteiger partial charge >= 0.3 is 5.97 Å². The van der Waals surface area contributed by atoms with Crippen molar-refractivity contribution in [1.82, 2.24) is 4.90 Å². The molecule has 1 aliphatic heterocycles. The van der Waals surface area contributed by atoms with Gasteiger partial charge in [-0.15, -0.1) is 0 Å². The van der Waals surface area contributed by atoms with E-state index in [-0.39, 0.29) is 28.4 Å². The Morgan fingerprint density at radius 2 is 1.85 bits per heavy atom. The van der Waals surface area contributed by atoms with Crippen LogP contribution in [-0.4, -0.2) is 47.3 Å². The number of esters is 1. The number of halogens is 1. The molecule has 0 spiro atoms. The first-order valence-corrected chi connectivity index (χ1v) is 10.6. The summed E-state index contributed by atoms with van der Waals surface area (Å²) in [5.41, 5.74) is 0.850. The number of para-hydroxylation sites is 1. The third-order valence-corrected chi connectivity index (χ3v) is 5.50. The van der Waals surface area contributed by atoms with Crippen LogP contribution in [-0.2, 0) is 19.1 Å². The number of piperidine rings is 1. The fraction of sp³-hybridized carbons (Fsp3) is 0.261. The van der Waals surface area contributed by atoms with Gasteiger partial charge in [-0.2, -0.15) is 0 Å².